The Hall–Kier alpha value is -1.97. The van der Waals surface area contributed by atoms with Gasteiger partial charge in [-0.2, -0.15) is 0 Å². The molecule has 3 rings (SSSR count). The normalized spacial score (nSPS) is 24.2. The van der Waals surface area contributed by atoms with Crippen LogP contribution < -0.4 is 14.8 Å². The van der Waals surface area contributed by atoms with Gasteiger partial charge in [0.25, 0.3) is 0 Å². The van der Waals surface area contributed by atoms with Gasteiger partial charge in [0.2, 0.25) is 12.7 Å². The van der Waals surface area contributed by atoms with Crippen molar-refractivity contribution >= 4 is 12.0 Å². The average Bonchev–Trinajstić information content (AvgIpc) is 2.95. The number of carbonyl (C=O) groups excluding carboxylic acids is 1. The number of rotatable bonds is 3. The molecule has 1 saturated carbocycles. The monoisotopic (exact) mass is 287 g/mol. The molecular weight excluding hydrogens is 266 g/mol. The summed E-state index contributed by atoms with van der Waals surface area (Å²) in [5.74, 6) is 2.04. The predicted octanol–water partition coefficient (Wildman–Crippen LogP) is 3.12. The van der Waals surface area contributed by atoms with Crippen molar-refractivity contribution in [3.05, 3.63) is 29.8 Å². The molecule has 4 nitrogen and oxygen atoms in total. The molecule has 4 heteroatoms. The zero-order chi connectivity index (χ0) is 14.7. The fraction of sp³-hybridized carbons (Fsp3) is 0.471. The molecule has 0 bridgehead atoms. The number of ether oxygens (including phenoxy) is 2. The maximum absolute atomic E-state index is 12.0. The van der Waals surface area contributed by atoms with Crippen LogP contribution in [0.3, 0.4) is 0 Å². The minimum Gasteiger partial charge on any atom is -0.454 e. The van der Waals surface area contributed by atoms with Gasteiger partial charge in [0, 0.05) is 12.1 Å². The van der Waals surface area contributed by atoms with E-state index in [2.05, 4.69) is 12.2 Å². The lowest BCUT2D eigenvalue weighted by atomic mass is 9.86. The van der Waals surface area contributed by atoms with Gasteiger partial charge in [0.1, 0.15) is 0 Å². The molecule has 1 heterocycles. The van der Waals surface area contributed by atoms with Crippen LogP contribution in [0.25, 0.3) is 6.08 Å². The van der Waals surface area contributed by atoms with E-state index in [1.54, 1.807) is 6.08 Å². The van der Waals surface area contributed by atoms with Crippen molar-refractivity contribution in [2.45, 2.75) is 38.6 Å². The highest BCUT2D eigenvalue weighted by molar-refractivity contribution is 5.92. The molecule has 0 unspecified atom stereocenters. The second kappa shape index (κ2) is 6.20. The van der Waals surface area contributed by atoms with E-state index in [1.807, 2.05) is 24.3 Å². The van der Waals surface area contributed by atoms with Gasteiger partial charge < -0.3 is 14.8 Å². The molecule has 1 aliphatic heterocycles. The zero-order valence-electron chi connectivity index (χ0n) is 12.3. The molecule has 1 amide bonds. The van der Waals surface area contributed by atoms with Crippen molar-refractivity contribution in [2.24, 2.45) is 5.92 Å². The molecule has 0 aromatic heterocycles. The first-order chi connectivity index (χ1) is 10.2. The van der Waals surface area contributed by atoms with Gasteiger partial charge in [-0.05, 0) is 42.5 Å². The van der Waals surface area contributed by atoms with Crippen molar-refractivity contribution in [1.29, 1.82) is 0 Å². The van der Waals surface area contributed by atoms with Crippen LogP contribution in [-0.2, 0) is 4.79 Å². The van der Waals surface area contributed by atoms with Crippen LogP contribution in [0.4, 0.5) is 0 Å². The number of fused-ring (bicyclic) bond motifs is 1. The first-order valence-corrected chi connectivity index (χ1v) is 7.60. The summed E-state index contributed by atoms with van der Waals surface area (Å²) in [5.41, 5.74) is 0.936. The van der Waals surface area contributed by atoms with Crippen LogP contribution >= 0.6 is 0 Å². The Balaban J connectivity index is 1.59. The van der Waals surface area contributed by atoms with E-state index < -0.39 is 0 Å². The molecule has 112 valence electrons. The van der Waals surface area contributed by atoms with Gasteiger partial charge in [0.05, 0.1) is 0 Å². The summed E-state index contributed by atoms with van der Waals surface area (Å²) in [7, 11) is 0. The van der Waals surface area contributed by atoms with E-state index in [1.165, 1.54) is 19.3 Å². The topological polar surface area (TPSA) is 47.6 Å². The Morgan fingerprint density at radius 2 is 2.05 bits per heavy atom. The molecule has 2 atom stereocenters. The molecular formula is C17H21NO3. The number of hydrogen-bond donors (Lipinski definition) is 1. The highest BCUT2D eigenvalue weighted by Gasteiger charge is 2.21. The quantitative estimate of drug-likeness (QED) is 0.869. The third-order valence-electron chi connectivity index (χ3n) is 4.26. The molecule has 1 aliphatic carbocycles. The van der Waals surface area contributed by atoms with Crippen molar-refractivity contribution in [3.63, 3.8) is 0 Å². The van der Waals surface area contributed by atoms with Gasteiger partial charge >= 0.3 is 0 Å². The zero-order valence-corrected chi connectivity index (χ0v) is 12.3. The Labute approximate surface area is 125 Å². The fourth-order valence-corrected chi connectivity index (χ4v) is 2.95. The average molecular weight is 287 g/mol. The Morgan fingerprint density at radius 1 is 1.24 bits per heavy atom. The molecule has 1 fully saturated rings. The van der Waals surface area contributed by atoms with Crippen molar-refractivity contribution in [3.8, 4) is 11.5 Å². The largest absolute Gasteiger partial charge is 0.454 e. The summed E-state index contributed by atoms with van der Waals surface area (Å²) in [5, 5.41) is 3.11. The molecule has 21 heavy (non-hydrogen) atoms. The first-order valence-electron chi connectivity index (χ1n) is 7.60. The molecule has 1 N–H and O–H groups in total. The Morgan fingerprint density at radius 3 is 2.90 bits per heavy atom. The van der Waals surface area contributed by atoms with Crippen molar-refractivity contribution in [1.82, 2.24) is 5.32 Å². The third kappa shape index (κ3) is 3.38. The lowest BCUT2D eigenvalue weighted by Gasteiger charge is -2.29. The molecule has 0 radical (unpaired) electrons. The number of carbonyl (C=O) groups is 1. The lowest BCUT2D eigenvalue weighted by molar-refractivity contribution is -0.117. The first kappa shape index (κ1) is 14.0. The van der Waals surface area contributed by atoms with E-state index >= 15 is 0 Å². The molecule has 1 aromatic rings. The van der Waals surface area contributed by atoms with E-state index in [9.17, 15) is 4.79 Å². The molecule has 2 aliphatic rings. The summed E-state index contributed by atoms with van der Waals surface area (Å²) in [6.45, 7) is 2.48. The van der Waals surface area contributed by atoms with Crippen molar-refractivity contribution < 1.29 is 14.3 Å². The standard InChI is InChI=1S/C17H21NO3/c1-12-4-2-3-5-14(12)18-17(19)9-7-13-6-8-15-16(10-13)21-11-20-15/h6-10,12,14H,2-5,11H2,1H3,(H,18,19)/b9-7+/t12-,14+/m1/s1. The number of benzene rings is 1. The van der Waals surface area contributed by atoms with E-state index in [0.29, 0.717) is 12.0 Å². The summed E-state index contributed by atoms with van der Waals surface area (Å²) in [6, 6.07) is 5.98. The van der Waals surface area contributed by atoms with Crippen LogP contribution in [-0.4, -0.2) is 18.7 Å². The summed E-state index contributed by atoms with van der Waals surface area (Å²) in [6.07, 6.45) is 8.19. The van der Waals surface area contributed by atoms with Gasteiger partial charge in [0.15, 0.2) is 11.5 Å². The maximum atomic E-state index is 12.0. The predicted molar refractivity (Wildman–Crippen MR) is 81.2 cm³/mol. The third-order valence-corrected chi connectivity index (χ3v) is 4.26. The minimum atomic E-state index is -0.0218. The van der Waals surface area contributed by atoms with Gasteiger partial charge in [-0.25, -0.2) is 0 Å². The fourth-order valence-electron chi connectivity index (χ4n) is 2.95. The summed E-state index contributed by atoms with van der Waals surface area (Å²) < 4.78 is 10.6. The Bertz CT molecular complexity index is 553. The SMILES string of the molecule is C[C@@H]1CCCC[C@@H]1NC(=O)/C=C/c1ccc2c(c1)OCO2. The Kier molecular flexibility index (Phi) is 4.13. The maximum Gasteiger partial charge on any atom is 0.244 e. The number of amides is 1. The van der Waals surface area contributed by atoms with Crippen LogP contribution in [0.5, 0.6) is 11.5 Å². The lowest BCUT2D eigenvalue weighted by Crippen LogP contribution is -2.40. The second-order valence-electron chi connectivity index (χ2n) is 5.82. The molecule has 0 spiro atoms. The van der Waals surface area contributed by atoms with Crippen LogP contribution in [0.15, 0.2) is 24.3 Å². The second-order valence-corrected chi connectivity index (χ2v) is 5.82. The summed E-state index contributed by atoms with van der Waals surface area (Å²) in [4.78, 5) is 12.0. The highest BCUT2D eigenvalue weighted by atomic mass is 16.7. The van der Waals surface area contributed by atoms with Crippen LogP contribution in [0, 0.1) is 5.92 Å². The minimum absolute atomic E-state index is 0.0218. The highest BCUT2D eigenvalue weighted by Crippen LogP contribution is 2.32. The van der Waals surface area contributed by atoms with Crippen LogP contribution in [0.2, 0.25) is 0 Å². The van der Waals surface area contributed by atoms with Crippen LogP contribution in [0.1, 0.15) is 38.2 Å². The smallest absolute Gasteiger partial charge is 0.244 e. The van der Waals surface area contributed by atoms with Gasteiger partial charge in [-0.1, -0.05) is 25.8 Å². The molecule has 0 saturated heterocycles. The summed E-state index contributed by atoms with van der Waals surface area (Å²) >= 11 is 0. The number of nitrogens with one attached hydrogen (secondary N) is 1. The molecule has 1 aromatic carbocycles. The van der Waals surface area contributed by atoms with Crippen molar-refractivity contribution in [2.75, 3.05) is 6.79 Å². The van der Waals surface area contributed by atoms with E-state index in [-0.39, 0.29) is 12.7 Å². The van der Waals surface area contributed by atoms with Gasteiger partial charge in [-0.15, -0.1) is 0 Å². The van der Waals surface area contributed by atoms with E-state index in [4.69, 9.17) is 9.47 Å². The van der Waals surface area contributed by atoms with Gasteiger partial charge in [-0.3, -0.25) is 4.79 Å². The number of hydrogen-bond acceptors (Lipinski definition) is 3. The van der Waals surface area contributed by atoms with E-state index in [0.717, 1.165) is 23.5 Å².